The minimum atomic E-state index is -0.410. The number of allylic oxidation sites excluding steroid dienone is 1. The van der Waals surface area contributed by atoms with Gasteiger partial charge in [-0.05, 0) is 48.3 Å². The molecule has 0 radical (unpaired) electrons. The second kappa shape index (κ2) is 8.63. The van der Waals surface area contributed by atoms with Gasteiger partial charge in [-0.1, -0.05) is 52.0 Å². The molecule has 2 rings (SSSR count). The van der Waals surface area contributed by atoms with Gasteiger partial charge in [-0.3, -0.25) is 9.59 Å². The van der Waals surface area contributed by atoms with Crippen LogP contribution in [0.2, 0.25) is 0 Å². The molecular formula is C22H32N2O2. The van der Waals surface area contributed by atoms with Gasteiger partial charge >= 0.3 is 0 Å². The Morgan fingerprint density at radius 2 is 1.96 bits per heavy atom. The van der Waals surface area contributed by atoms with Gasteiger partial charge in [0.15, 0.2) is 0 Å². The minimum absolute atomic E-state index is 0.0129. The molecule has 0 fully saturated rings. The smallest absolute Gasteiger partial charge is 0.250 e. The highest BCUT2D eigenvalue weighted by atomic mass is 16.2. The molecule has 1 aromatic carbocycles. The van der Waals surface area contributed by atoms with E-state index in [2.05, 4.69) is 26.8 Å². The van der Waals surface area contributed by atoms with E-state index in [1.807, 2.05) is 36.1 Å². The number of nitrogens with zero attached hydrogens (tertiary/aromatic N) is 1. The maximum atomic E-state index is 12.7. The molecule has 1 aliphatic heterocycles. The molecule has 0 unspecified atom stereocenters. The summed E-state index contributed by atoms with van der Waals surface area (Å²) in [6, 6.07) is 7.61. The molecule has 2 atom stereocenters. The van der Waals surface area contributed by atoms with Crippen molar-refractivity contribution < 1.29 is 9.59 Å². The first-order valence-electron chi connectivity index (χ1n) is 9.57. The van der Waals surface area contributed by atoms with E-state index in [4.69, 9.17) is 5.73 Å². The number of rotatable bonds is 7. The Labute approximate surface area is 157 Å². The Kier molecular flexibility index (Phi) is 6.76. The van der Waals surface area contributed by atoms with Crippen LogP contribution in [-0.4, -0.2) is 24.3 Å². The number of anilines is 1. The van der Waals surface area contributed by atoms with Gasteiger partial charge in [0.25, 0.3) is 5.91 Å². The number of amides is 1. The number of carbonyl (C=O) groups is 2. The number of hydrogen-bond donors (Lipinski definition) is 1. The van der Waals surface area contributed by atoms with Crippen LogP contribution in [0, 0.1) is 11.3 Å². The van der Waals surface area contributed by atoms with Gasteiger partial charge in [0.05, 0.1) is 6.04 Å². The van der Waals surface area contributed by atoms with E-state index in [0.29, 0.717) is 19.4 Å². The fourth-order valence-electron chi connectivity index (χ4n) is 3.51. The van der Waals surface area contributed by atoms with E-state index in [1.165, 1.54) is 5.56 Å². The average molecular weight is 357 g/mol. The molecule has 0 saturated heterocycles. The Balaban J connectivity index is 2.09. The molecule has 0 bridgehead atoms. The van der Waals surface area contributed by atoms with Gasteiger partial charge in [0.1, 0.15) is 5.78 Å². The second-order valence-corrected chi connectivity index (χ2v) is 8.44. The first kappa shape index (κ1) is 20.4. The van der Waals surface area contributed by atoms with Gasteiger partial charge in [-0.25, -0.2) is 0 Å². The summed E-state index contributed by atoms with van der Waals surface area (Å²) in [6.07, 6.45) is 6.33. The predicted molar refractivity (Wildman–Crippen MR) is 107 cm³/mol. The lowest BCUT2D eigenvalue weighted by Gasteiger charge is -2.24. The SMILES string of the molecule is CC[C@H](N)C(=O)C[C@H](/C=C/C(=O)N1CCc2ccccc21)CC(C)(C)C. The van der Waals surface area contributed by atoms with E-state index in [-0.39, 0.29) is 23.0 Å². The van der Waals surface area contributed by atoms with Crippen molar-refractivity contribution in [2.75, 3.05) is 11.4 Å². The van der Waals surface area contributed by atoms with Gasteiger partial charge in [-0.2, -0.15) is 0 Å². The third kappa shape index (κ3) is 5.53. The van der Waals surface area contributed by atoms with Crippen molar-refractivity contribution in [3.05, 3.63) is 42.0 Å². The van der Waals surface area contributed by atoms with Crippen LogP contribution in [0.25, 0.3) is 0 Å². The number of fused-ring (bicyclic) bond motifs is 1. The third-order valence-electron chi connectivity index (χ3n) is 4.86. The molecule has 0 aliphatic carbocycles. The second-order valence-electron chi connectivity index (χ2n) is 8.44. The highest BCUT2D eigenvalue weighted by Crippen LogP contribution is 2.29. The summed E-state index contributed by atoms with van der Waals surface area (Å²) in [5.41, 5.74) is 8.18. The molecule has 1 heterocycles. The first-order valence-corrected chi connectivity index (χ1v) is 9.57. The molecule has 1 amide bonds. The Bertz CT molecular complexity index is 673. The lowest BCUT2D eigenvalue weighted by Crippen LogP contribution is -2.31. The van der Waals surface area contributed by atoms with Crippen molar-refractivity contribution in [1.29, 1.82) is 0 Å². The van der Waals surface area contributed by atoms with E-state index in [0.717, 1.165) is 18.5 Å². The fraction of sp³-hybridized carbons (Fsp3) is 0.545. The van der Waals surface area contributed by atoms with E-state index in [9.17, 15) is 9.59 Å². The Morgan fingerprint density at radius 3 is 2.62 bits per heavy atom. The lowest BCUT2D eigenvalue weighted by molar-refractivity contribution is -0.121. The minimum Gasteiger partial charge on any atom is -0.322 e. The molecule has 4 heteroatoms. The zero-order valence-corrected chi connectivity index (χ0v) is 16.5. The van der Waals surface area contributed by atoms with Crippen LogP contribution in [-0.2, 0) is 16.0 Å². The molecule has 4 nitrogen and oxygen atoms in total. The van der Waals surface area contributed by atoms with Gasteiger partial charge in [0, 0.05) is 18.7 Å². The molecule has 0 spiro atoms. The fourth-order valence-corrected chi connectivity index (χ4v) is 3.51. The molecule has 0 aromatic heterocycles. The lowest BCUT2D eigenvalue weighted by atomic mass is 9.81. The highest BCUT2D eigenvalue weighted by molar-refractivity contribution is 6.02. The normalized spacial score (nSPS) is 16.6. The molecule has 142 valence electrons. The summed E-state index contributed by atoms with van der Waals surface area (Å²) in [5.74, 6) is 0.0911. The topological polar surface area (TPSA) is 63.4 Å². The molecule has 1 aliphatic rings. The van der Waals surface area contributed by atoms with Crippen LogP contribution < -0.4 is 10.6 Å². The maximum Gasteiger partial charge on any atom is 0.250 e. The first-order chi connectivity index (χ1) is 12.2. The molecular weight excluding hydrogens is 324 g/mol. The highest BCUT2D eigenvalue weighted by Gasteiger charge is 2.24. The van der Waals surface area contributed by atoms with Crippen LogP contribution in [0.5, 0.6) is 0 Å². The molecule has 0 saturated carbocycles. The number of hydrogen-bond acceptors (Lipinski definition) is 3. The van der Waals surface area contributed by atoms with Crippen LogP contribution in [0.4, 0.5) is 5.69 Å². The van der Waals surface area contributed by atoms with Crippen molar-refractivity contribution in [3.8, 4) is 0 Å². The van der Waals surface area contributed by atoms with E-state index in [1.54, 1.807) is 6.08 Å². The molecule has 2 N–H and O–H groups in total. The standard InChI is InChI=1S/C22H32N2O2/c1-5-18(23)20(25)14-16(15-22(2,3)4)10-11-21(26)24-13-12-17-8-6-7-9-19(17)24/h6-11,16,18H,5,12-15,23H2,1-4H3/b11-10+/t16-,18-/m0/s1. The summed E-state index contributed by atoms with van der Waals surface area (Å²) in [4.78, 5) is 26.8. The number of nitrogens with two attached hydrogens (primary N) is 1. The maximum absolute atomic E-state index is 12.7. The van der Waals surface area contributed by atoms with Crippen molar-refractivity contribution in [2.24, 2.45) is 17.1 Å². The van der Waals surface area contributed by atoms with E-state index < -0.39 is 6.04 Å². The zero-order chi connectivity index (χ0) is 19.3. The summed E-state index contributed by atoms with van der Waals surface area (Å²) >= 11 is 0. The molecule has 26 heavy (non-hydrogen) atoms. The Morgan fingerprint density at radius 1 is 1.27 bits per heavy atom. The van der Waals surface area contributed by atoms with E-state index >= 15 is 0 Å². The van der Waals surface area contributed by atoms with Gasteiger partial charge in [-0.15, -0.1) is 0 Å². The summed E-state index contributed by atoms with van der Waals surface area (Å²) in [7, 11) is 0. The zero-order valence-electron chi connectivity index (χ0n) is 16.5. The van der Waals surface area contributed by atoms with Crippen molar-refractivity contribution in [3.63, 3.8) is 0 Å². The van der Waals surface area contributed by atoms with Crippen LogP contribution in [0.1, 0.15) is 52.5 Å². The number of benzene rings is 1. The third-order valence-corrected chi connectivity index (χ3v) is 4.86. The van der Waals surface area contributed by atoms with Crippen molar-refractivity contribution >= 4 is 17.4 Å². The van der Waals surface area contributed by atoms with Crippen molar-refractivity contribution in [2.45, 2.75) is 59.4 Å². The number of carbonyl (C=O) groups excluding carboxylic acids is 2. The largest absolute Gasteiger partial charge is 0.322 e. The number of Topliss-reactive ketones (excluding diaryl/α,β-unsaturated/α-hetero) is 1. The van der Waals surface area contributed by atoms with Crippen LogP contribution >= 0.6 is 0 Å². The quantitative estimate of drug-likeness (QED) is 0.754. The number of para-hydroxylation sites is 1. The predicted octanol–water partition coefficient (Wildman–Crippen LogP) is 3.88. The monoisotopic (exact) mass is 356 g/mol. The average Bonchev–Trinajstić information content (AvgIpc) is 3.01. The van der Waals surface area contributed by atoms with Crippen molar-refractivity contribution in [1.82, 2.24) is 0 Å². The van der Waals surface area contributed by atoms with Crippen LogP contribution in [0.15, 0.2) is 36.4 Å². The summed E-state index contributed by atoms with van der Waals surface area (Å²) < 4.78 is 0. The molecule has 1 aromatic rings. The van der Waals surface area contributed by atoms with Gasteiger partial charge in [0.2, 0.25) is 0 Å². The Hall–Kier alpha value is -1.94. The summed E-state index contributed by atoms with van der Waals surface area (Å²) in [5, 5.41) is 0. The van der Waals surface area contributed by atoms with Gasteiger partial charge < -0.3 is 10.6 Å². The van der Waals surface area contributed by atoms with Crippen LogP contribution in [0.3, 0.4) is 0 Å². The summed E-state index contributed by atoms with van der Waals surface area (Å²) in [6.45, 7) is 9.08. The number of ketones is 1.